The number of halogens is 2. The first kappa shape index (κ1) is 19.2. The highest BCUT2D eigenvalue weighted by Crippen LogP contribution is 2.15. The van der Waals surface area contributed by atoms with E-state index in [-0.39, 0.29) is 5.75 Å². The number of hydrogen-bond donors (Lipinski definition) is 1. The zero-order valence-corrected chi connectivity index (χ0v) is 14.6. The fourth-order valence-electron chi connectivity index (χ4n) is 2.39. The Labute approximate surface area is 151 Å². The van der Waals surface area contributed by atoms with E-state index in [0.29, 0.717) is 24.6 Å². The molecule has 0 fully saturated rings. The first-order valence-electron chi connectivity index (χ1n) is 7.96. The molecule has 5 nitrogen and oxygen atoms in total. The molecule has 0 saturated carbocycles. The van der Waals surface area contributed by atoms with Crippen LogP contribution in [0.5, 0.6) is 5.75 Å². The van der Waals surface area contributed by atoms with Crippen molar-refractivity contribution in [2.75, 3.05) is 14.1 Å². The monoisotopic (exact) mass is 358 g/mol. The van der Waals surface area contributed by atoms with Crippen LogP contribution in [0.3, 0.4) is 0 Å². The summed E-state index contributed by atoms with van der Waals surface area (Å²) in [7, 11) is 3.58. The lowest BCUT2D eigenvalue weighted by atomic mass is 10.1. The Kier molecular flexibility index (Phi) is 6.92. The molecule has 2 aromatic carbocycles. The number of hydrogen-bond acceptors (Lipinski definition) is 3. The summed E-state index contributed by atoms with van der Waals surface area (Å²) in [5.41, 5.74) is 2.59. The van der Waals surface area contributed by atoms with Gasteiger partial charge in [0.25, 0.3) is 0 Å². The highest BCUT2D eigenvalue weighted by Gasteiger charge is 2.08. The van der Waals surface area contributed by atoms with E-state index in [1.165, 1.54) is 12.1 Å². The molecule has 0 aliphatic rings. The minimum atomic E-state index is -2.83. The number of ether oxygens (including phenoxy) is 1. The number of benzene rings is 2. The van der Waals surface area contributed by atoms with Crippen molar-refractivity contribution in [3.8, 4) is 11.8 Å². The third kappa shape index (κ3) is 5.74. The Morgan fingerprint density at radius 2 is 1.77 bits per heavy atom. The van der Waals surface area contributed by atoms with E-state index < -0.39 is 6.61 Å². The summed E-state index contributed by atoms with van der Waals surface area (Å²) >= 11 is 0. The van der Waals surface area contributed by atoms with E-state index in [9.17, 15) is 8.78 Å². The average molecular weight is 358 g/mol. The van der Waals surface area contributed by atoms with Gasteiger partial charge in [-0.05, 0) is 35.4 Å². The highest BCUT2D eigenvalue weighted by atomic mass is 19.3. The highest BCUT2D eigenvalue weighted by molar-refractivity contribution is 5.79. The average Bonchev–Trinajstić information content (AvgIpc) is 2.64. The van der Waals surface area contributed by atoms with Crippen molar-refractivity contribution in [2.24, 2.45) is 4.99 Å². The first-order chi connectivity index (χ1) is 12.5. The Balaban J connectivity index is 1.91. The zero-order chi connectivity index (χ0) is 18.9. The van der Waals surface area contributed by atoms with Gasteiger partial charge in [0.05, 0.1) is 11.6 Å². The molecule has 136 valence electrons. The van der Waals surface area contributed by atoms with E-state index in [1.807, 2.05) is 24.1 Å². The number of guanidine groups is 1. The second kappa shape index (κ2) is 9.37. The van der Waals surface area contributed by atoms with Gasteiger partial charge >= 0.3 is 6.61 Å². The van der Waals surface area contributed by atoms with Crippen LogP contribution < -0.4 is 10.1 Å². The van der Waals surface area contributed by atoms with Crippen LogP contribution in [0.25, 0.3) is 0 Å². The van der Waals surface area contributed by atoms with Gasteiger partial charge in [0.15, 0.2) is 5.96 Å². The quantitative estimate of drug-likeness (QED) is 0.635. The van der Waals surface area contributed by atoms with Gasteiger partial charge in [0, 0.05) is 27.2 Å². The van der Waals surface area contributed by atoms with Crippen LogP contribution in [0, 0.1) is 11.3 Å². The smallest absolute Gasteiger partial charge is 0.387 e. The molecule has 2 aromatic rings. The molecule has 0 aromatic heterocycles. The largest absolute Gasteiger partial charge is 0.435 e. The summed E-state index contributed by atoms with van der Waals surface area (Å²) in [6.45, 7) is -1.69. The maximum absolute atomic E-state index is 12.2. The lowest BCUT2D eigenvalue weighted by Gasteiger charge is -2.22. The Morgan fingerprint density at radius 3 is 2.31 bits per heavy atom. The topological polar surface area (TPSA) is 60.7 Å². The maximum atomic E-state index is 12.2. The van der Waals surface area contributed by atoms with Crippen LogP contribution in [-0.2, 0) is 13.1 Å². The predicted molar refractivity (Wildman–Crippen MR) is 95.9 cm³/mol. The number of alkyl halides is 2. The first-order valence-corrected chi connectivity index (χ1v) is 7.96. The van der Waals surface area contributed by atoms with E-state index >= 15 is 0 Å². The van der Waals surface area contributed by atoms with Gasteiger partial charge in [-0.25, -0.2) is 0 Å². The van der Waals surface area contributed by atoms with Crippen molar-refractivity contribution in [3.05, 3.63) is 65.2 Å². The number of nitrogens with zero attached hydrogens (tertiary/aromatic N) is 3. The second-order valence-electron chi connectivity index (χ2n) is 5.59. The standard InChI is InChI=1S/C19H20F2N4O/c1-23-19(24-12-15-5-3-14(11-22)4-6-15)25(2)13-16-7-9-17(10-8-16)26-18(20)21/h3-10,18H,12-13H2,1-2H3,(H,23,24). The van der Waals surface area contributed by atoms with Crippen LogP contribution in [-0.4, -0.2) is 31.6 Å². The number of nitrogens with one attached hydrogen (secondary N) is 1. The van der Waals surface area contributed by atoms with Gasteiger partial charge in [-0.3, -0.25) is 4.99 Å². The van der Waals surface area contributed by atoms with E-state index in [2.05, 4.69) is 21.1 Å². The second-order valence-corrected chi connectivity index (χ2v) is 5.59. The van der Waals surface area contributed by atoms with Gasteiger partial charge in [-0.1, -0.05) is 24.3 Å². The van der Waals surface area contributed by atoms with Crippen molar-refractivity contribution >= 4 is 5.96 Å². The predicted octanol–water partition coefficient (Wildman–Crippen LogP) is 3.37. The lowest BCUT2D eigenvalue weighted by Crippen LogP contribution is -2.38. The zero-order valence-electron chi connectivity index (χ0n) is 14.6. The van der Waals surface area contributed by atoms with E-state index in [4.69, 9.17) is 5.26 Å². The van der Waals surface area contributed by atoms with Crippen LogP contribution in [0.15, 0.2) is 53.5 Å². The molecule has 26 heavy (non-hydrogen) atoms. The van der Waals surface area contributed by atoms with Gasteiger partial charge < -0.3 is 15.0 Å². The summed E-state index contributed by atoms with van der Waals surface area (Å²) in [6, 6.07) is 15.9. The molecule has 0 atom stereocenters. The third-order valence-electron chi connectivity index (χ3n) is 3.68. The molecule has 0 aliphatic heterocycles. The molecule has 0 aliphatic carbocycles. The minimum absolute atomic E-state index is 0.134. The lowest BCUT2D eigenvalue weighted by molar-refractivity contribution is -0.0498. The Morgan fingerprint density at radius 1 is 1.15 bits per heavy atom. The third-order valence-corrected chi connectivity index (χ3v) is 3.68. The van der Waals surface area contributed by atoms with Crippen molar-refractivity contribution in [2.45, 2.75) is 19.7 Å². The molecule has 0 amide bonds. The number of rotatable bonds is 6. The Hall–Kier alpha value is -3.14. The van der Waals surface area contributed by atoms with Gasteiger partial charge in [-0.15, -0.1) is 0 Å². The normalized spacial score (nSPS) is 11.2. The van der Waals surface area contributed by atoms with E-state index in [0.717, 1.165) is 11.1 Å². The number of aliphatic imine (C=N–C) groups is 1. The minimum Gasteiger partial charge on any atom is -0.435 e. The molecule has 0 radical (unpaired) electrons. The molecular weight excluding hydrogens is 338 g/mol. The van der Waals surface area contributed by atoms with Crippen molar-refractivity contribution in [1.82, 2.24) is 10.2 Å². The maximum Gasteiger partial charge on any atom is 0.387 e. The summed E-state index contributed by atoms with van der Waals surface area (Å²) in [5.74, 6) is 0.831. The summed E-state index contributed by atoms with van der Waals surface area (Å²) < 4.78 is 28.7. The molecule has 0 bridgehead atoms. The Bertz CT molecular complexity index is 768. The van der Waals surface area contributed by atoms with Crippen molar-refractivity contribution < 1.29 is 13.5 Å². The molecule has 7 heteroatoms. The van der Waals surface area contributed by atoms with Gasteiger partial charge in [-0.2, -0.15) is 14.0 Å². The fraction of sp³-hybridized carbons (Fsp3) is 0.263. The van der Waals surface area contributed by atoms with Crippen LogP contribution in [0.4, 0.5) is 8.78 Å². The molecule has 0 spiro atoms. The molecule has 0 saturated heterocycles. The molecule has 2 rings (SSSR count). The molecule has 1 N–H and O–H groups in total. The summed E-state index contributed by atoms with van der Waals surface area (Å²) in [6.07, 6.45) is 0. The van der Waals surface area contributed by atoms with Crippen LogP contribution >= 0.6 is 0 Å². The summed E-state index contributed by atoms with van der Waals surface area (Å²) in [5, 5.41) is 12.1. The molecule has 0 unspecified atom stereocenters. The van der Waals surface area contributed by atoms with Gasteiger partial charge in [0.1, 0.15) is 5.75 Å². The van der Waals surface area contributed by atoms with Crippen molar-refractivity contribution in [1.29, 1.82) is 5.26 Å². The van der Waals surface area contributed by atoms with Crippen LogP contribution in [0.2, 0.25) is 0 Å². The van der Waals surface area contributed by atoms with Crippen LogP contribution in [0.1, 0.15) is 16.7 Å². The van der Waals surface area contributed by atoms with Crippen molar-refractivity contribution in [3.63, 3.8) is 0 Å². The van der Waals surface area contributed by atoms with E-state index in [1.54, 1.807) is 31.3 Å². The molecule has 0 heterocycles. The number of nitriles is 1. The molecular formula is C19H20F2N4O. The van der Waals surface area contributed by atoms with Gasteiger partial charge in [0.2, 0.25) is 0 Å². The summed E-state index contributed by atoms with van der Waals surface area (Å²) in [4.78, 5) is 6.17. The SMILES string of the molecule is CN=C(NCc1ccc(C#N)cc1)N(C)Cc1ccc(OC(F)F)cc1. The fourth-order valence-corrected chi connectivity index (χ4v) is 2.39.